The van der Waals surface area contributed by atoms with Crippen molar-refractivity contribution in [3.05, 3.63) is 65.8 Å². The van der Waals surface area contributed by atoms with Gasteiger partial charge in [0.25, 0.3) is 0 Å². The fourth-order valence-electron chi connectivity index (χ4n) is 2.58. The van der Waals surface area contributed by atoms with Gasteiger partial charge in [-0.25, -0.2) is 0 Å². The number of benzene rings is 2. The van der Waals surface area contributed by atoms with E-state index in [0.717, 1.165) is 22.0 Å². The van der Waals surface area contributed by atoms with Crippen molar-refractivity contribution < 1.29 is 2.74 Å². The molecule has 0 fully saturated rings. The first-order valence-corrected chi connectivity index (χ1v) is 7.26. The summed E-state index contributed by atoms with van der Waals surface area (Å²) >= 11 is 0. The summed E-state index contributed by atoms with van der Waals surface area (Å²) in [5.41, 5.74) is 4.28. The van der Waals surface area contributed by atoms with Crippen LogP contribution in [0.1, 0.15) is 34.6 Å². The predicted molar refractivity (Wildman–Crippen MR) is 90.6 cm³/mol. The van der Waals surface area contributed by atoms with E-state index in [2.05, 4.69) is 50.9 Å². The molecule has 0 bridgehead atoms. The van der Waals surface area contributed by atoms with Gasteiger partial charge in [0.1, 0.15) is 0 Å². The summed E-state index contributed by atoms with van der Waals surface area (Å²) in [6.45, 7) is 8.67. The van der Waals surface area contributed by atoms with Gasteiger partial charge in [0.2, 0.25) is 0 Å². The molecule has 3 aromatic rings. The van der Waals surface area contributed by atoms with Crippen LogP contribution in [0.3, 0.4) is 0 Å². The Balaban J connectivity index is 2.34. The Kier molecular flexibility index (Phi) is 2.74. The van der Waals surface area contributed by atoms with Crippen LogP contribution in [0.5, 0.6) is 0 Å². The predicted octanol–water partition coefficient (Wildman–Crippen LogP) is 5.51. The number of hydrogen-bond acceptors (Lipinski definition) is 1. The van der Waals surface area contributed by atoms with Crippen molar-refractivity contribution in [1.29, 1.82) is 0 Å². The van der Waals surface area contributed by atoms with Crippen LogP contribution in [0.4, 0.5) is 0 Å². The Morgan fingerprint density at radius 2 is 1.81 bits per heavy atom. The Bertz CT molecular complexity index is 892. The summed E-state index contributed by atoms with van der Waals surface area (Å²) < 4.78 is 16.1. The molecule has 0 aliphatic carbocycles. The zero-order valence-electron chi connectivity index (χ0n) is 15.0. The van der Waals surface area contributed by atoms with Gasteiger partial charge in [0.05, 0.1) is 8.44 Å². The second kappa shape index (κ2) is 5.00. The van der Waals surface area contributed by atoms with Crippen LogP contribution < -0.4 is 0 Å². The fraction of sp³-hybridized carbons (Fsp3) is 0.250. The Hall–Kier alpha value is -2.15. The maximum absolute atomic E-state index is 8.08. The van der Waals surface area contributed by atoms with E-state index in [1.807, 2.05) is 24.3 Å². The van der Waals surface area contributed by atoms with Crippen molar-refractivity contribution in [1.82, 2.24) is 4.98 Å². The lowest BCUT2D eigenvalue weighted by molar-refractivity contribution is 0.590. The van der Waals surface area contributed by atoms with Crippen LogP contribution in [0.15, 0.2) is 54.7 Å². The SMILES string of the molecule is [2H]c1nc(-c2cc(C)cc(C(C)(C)C)c2)c2ccccc2c1[2H]. The molecule has 0 saturated carbocycles. The minimum absolute atomic E-state index is 0.0255. The molecule has 1 heteroatoms. The molecule has 1 aromatic heterocycles. The first-order valence-electron chi connectivity index (χ1n) is 8.26. The summed E-state index contributed by atoms with van der Waals surface area (Å²) in [7, 11) is 0. The summed E-state index contributed by atoms with van der Waals surface area (Å²) in [4.78, 5) is 4.41. The van der Waals surface area contributed by atoms with Gasteiger partial charge >= 0.3 is 0 Å². The maximum atomic E-state index is 8.08. The summed E-state index contributed by atoms with van der Waals surface area (Å²) in [6.07, 6.45) is 0.0255. The minimum Gasteiger partial charge on any atom is -0.256 e. The average molecular weight is 277 g/mol. The number of rotatable bonds is 1. The van der Waals surface area contributed by atoms with E-state index in [0.29, 0.717) is 0 Å². The molecule has 3 rings (SSSR count). The molecule has 0 amide bonds. The van der Waals surface area contributed by atoms with E-state index in [-0.39, 0.29) is 17.6 Å². The van der Waals surface area contributed by atoms with Crippen molar-refractivity contribution in [3.8, 4) is 11.3 Å². The lowest BCUT2D eigenvalue weighted by atomic mass is 9.84. The first kappa shape index (κ1) is 11.5. The third-order valence-electron chi connectivity index (χ3n) is 3.76. The van der Waals surface area contributed by atoms with Crippen molar-refractivity contribution >= 4 is 10.8 Å². The molecule has 0 N–H and O–H groups in total. The standard InChI is InChI=1S/C20H21N/c1-14-11-16(13-17(12-14)20(2,3)4)19-18-8-6-5-7-15(18)9-10-21-19/h5-13H,1-4H3/i9D,10D. The van der Waals surface area contributed by atoms with Crippen LogP contribution in [0, 0.1) is 6.92 Å². The van der Waals surface area contributed by atoms with Crippen LogP contribution in [0.2, 0.25) is 0 Å². The molecular formula is C20H21N. The van der Waals surface area contributed by atoms with Gasteiger partial charge in [-0.1, -0.05) is 56.7 Å². The molecule has 0 aliphatic heterocycles. The lowest BCUT2D eigenvalue weighted by Crippen LogP contribution is -2.11. The molecule has 1 nitrogen and oxygen atoms in total. The first-order chi connectivity index (χ1) is 10.8. The molecule has 1 heterocycles. The minimum atomic E-state index is 0.0255. The topological polar surface area (TPSA) is 12.9 Å². The van der Waals surface area contributed by atoms with Crippen LogP contribution >= 0.6 is 0 Å². The monoisotopic (exact) mass is 277 g/mol. The quantitative estimate of drug-likeness (QED) is 0.571. The Morgan fingerprint density at radius 3 is 2.57 bits per heavy atom. The smallest absolute Gasteiger partial charge is 0.0840 e. The van der Waals surface area contributed by atoms with E-state index in [1.165, 1.54) is 11.1 Å². The second-order valence-electron chi connectivity index (χ2n) is 6.58. The van der Waals surface area contributed by atoms with Crippen molar-refractivity contribution in [2.75, 3.05) is 0 Å². The van der Waals surface area contributed by atoms with Gasteiger partial charge in [-0.05, 0) is 41.5 Å². The van der Waals surface area contributed by atoms with E-state index < -0.39 is 0 Å². The Labute approximate surface area is 129 Å². The normalized spacial score (nSPS) is 13.1. The summed E-state index contributed by atoms with van der Waals surface area (Å²) in [6, 6.07) is 14.4. The zero-order valence-corrected chi connectivity index (χ0v) is 13.0. The number of aryl methyl sites for hydroxylation is 1. The van der Waals surface area contributed by atoms with Gasteiger partial charge in [0.15, 0.2) is 0 Å². The molecule has 106 valence electrons. The van der Waals surface area contributed by atoms with Crippen molar-refractivity contribution in [2.24, 2.45) is 0 Å². The van der Waals surface area contributed by atoms with Gasteiger partial charge in [-0.2, -0.15) is 0 Å². The largest absolute Gasteiger partial charge is 0.256 e. The fourth-order valence-corrected chi connectivity index (χ4v) is 2.58. The third-order valence-corrected chi connectivity index (χ3v) is 3.76. The lowest BCUT2D eigenvalue weighted by Gasteiger charge is -2.21. The third kappa shape index (κ3) is 2.69. The molecule has 0 atom stereocenters. The van der Waals surface area contributed by atoms with Gasteiger partial charge in [-0.15, -0.1) is 0 Å². The van der Waals surface area contributed by atoms with E-state index in [1.54, 1.807) is 0 Å². The highest BCUT2D eigenvalue weighted by molar-refractivity contribution is 5.94. The van der Waals surface area contributed by atoms with E-state index in [4.69, 9.17) is 2.74 Å². The van der Waals surface area contributed by atoms with Gasteiger partial charge in [0, 0.05) is 17.1 Å². The van der Waals surface area contributed by atoms with Gasteiger partial charge < -0.3 is 0 Å². The number of pyridine rings is 1. The zero-order chi connectivity index (χ0) is 16.8. The molecular weight excluding hydrogens is 254 g/mol. The molecule has 0 spiro atoms. The highest BCUT2D eigenvalue weighted by Gasteiger charge is 2.16. The van der Waals surface area contributed by atoms with Crippen LogP contribution in [-0.4, -0.2) is 4.98 Å². The number of nitrogens with zero attached hydrogens (tertiary/aromatic N) is 1. The van der Waals surface area contributed by atoms with Crippen LogP contribution in [-0.2, 0) is 5.41 Å². The second-order valence-corrected chi connectivity index (χ2v) is 6.58. The number of hydrogen-bond donors (Lipinski definition) is 0. The van der Waals surface area contributed by atoms with Crippen LogP contribution in [0.25, 0.3) is 22.0 Å². The highest BCUT2D eigenvalue weighted by atomic mass is 14.7. The summed E-state index contributed by atoms with van der Waals surface area (Å²) in [5, 5.41) is 1.71. The molecule has 21 heavy (non-hydrogen) atoms. The molecule has 0 radical (unpaired) electrons. The molecule has 0 aliphatic rings. The summed E-state index contributed by atoms with van der Waals surface area (Å²) in [5.74, 6) is 0. The van der Waals surface area contributed by atoms with E-state index >= 15 is 0 Å². The number of aromatic nitrogens is 1. The number of fused-ring (bicyclic) bond motifs is 1. The maximum Gasteiger partial charge on any atom is 0.0840 e. The van der Waals surface area contributed by atoms with Crippen molar-refractivity contribution in [3.63, 3.8) is 0 Å². The molecule has 0 unspecified atom stereocenters. The van der Waals surface area contributed by atoms with E-state index in [9.17, 15) is 0 Å². The highest BCUT2D eigenvalue weighted by Crippen LogP contribution is 2.31. The Morgan fingerprint density at radius 1 is 1.05 bits per heavy atom. The van der Waals surface area contributed by atoms with Gasteiger partial charge in [-0.3, -0.25) is 4.98 Å². The molecule has 2 aromatic carbocycles. The molecule has 0 saturated heterocycles. The average Bonchev–Trinajstić information content (AvgIpc) is 2.49. The van der Waals surface area contributed by atoms with Crippen molar-refractivity contribution in [2.45, 2.75) is 33.1 Å².